The van der Waals surface area contributed by atoms with Crippen LogP contribution in [0.5, 0.6) is 0 Å². The molecule has 3 heterocycles. The lowest BCUT2D eigenvalue weighted by atomic mass is 10.1. The van der Waals surface area contributed by atoms with E-state index in [-0.39, 0.29) is 17.3 Å². The predicted octanol–water partition coefficient (Wildman–Crippen LogP) is 4.44. The summed E-state index contributed by atoms with van der Waals surface area (Å²) in [5, 5.41) is 7.08. The van der Waals surface area contributed by atoms with Crippen molar-refractivity contribution < 1.29 is 4.79 Å². The molecule has 0 fully saturated rings. The van der Waals surface area contributed by atoms with Gasteiger partial charge in [-0.2, -0.15) is 0 Å². The summed E-state index contributed by atoms with van der Waals surface area (Å²) in [6, 6.07) is 2.16. The third kappa shape index (κ3) is 4.44. The number of nitrogens with zero attached hydrogens (tertiary/aromatic N) is 3. The second kappa shape index (κ2) is 8.45. The van der Waals surface area contributed by atoms with E-state index in [1.54, 1.807) is 5.38 Å². The van der Waals surface area contributed by atoms with Crippen molar-refractivity contribution in [1.82, 2.24) is 14.1 Å². The van der Waals surface area contributed by atoms with Crippen molar-refractivity contribution in [3.05, 3.63) is 43.6 Å². The van der Waals surface area contributed by atoms with Gasteiger partial charge >= 0.3 is 4.87 Å². The molecule has 3 aromatic heterocycles. The summed E-state index contributed by atoms with van der Waals surface area (Å²) in [5.74, 6) is 0.414. The van der Waals surface area contributed by atoms with Gasteiger partial charge in [-0.3, -0.25) is 14.2 Å². The first-order valence-corrected chi connectivity index (χ1v) is 11.1. The van der Waals surface area contributed by atoms with Crippen molar-refractivity contribution >= 4 is 33.7 Å². The molecule has 0 aliphatic carbocycles. The summed E-state index contributed by atoms with van der Waals surface area (Å²) in [6.07, 6.45) is 1.13. The van der Waals surface area contributed by atoms with Gasteiger partial charge in [-0.1, -0.05) is 25.2 Å². The van der Waals surface area contributed by atoms with Crippen molar-refractivity contribution in [3.63, 3.8) is 0 Å². The molecule has 0 radical (unpaired) electrons. The first-order valence-electron chi connectivity index (χ1n) is 9.33. The summed E-state index contributed by atoms with van der Waals surface area (Å²) < 4.78 is 3.80. The molecule has 28 heavy (non-hydrogen) atoms. The van der Waals surface area contributed by atoms with Gasteiger partial charge < -0.3 is 9.88 Å². The molecule has 0 unspecified atom stereocenters. The van der Waals surface area contributed by atoms with Crippen LogP contribution in [0.15, 0.2) is 21.6 Å². The number of hydrogen-bond donors (Lipinski definition) is 1. The van der Waals surface area contributed by atoms with Gasteiger partial charge in [-0.25, -0.2) is 4.98 Å². The lowest BCUT2D eigenvalue weighted by Crippen LogP contribution is -2.25. The van der Waals surface area contributed by atoms with Crippen LogP contribution in [0.1, 0.15) is 37.4 Å². The molecule has 0 aliphatic rings. The standard InChI is InChI=1S/C20H26N4O2S2/c1-12(2)6-7-23-13(3)8-16(15(23)5)17-11-27-19(21-17)22-18(25)9-24-14(4)10-28-20(24)26/h8,10-12H,6-7,9H2,1-5H3,(H,21,22,25). The number of carbonyl (C=O) groups excluding carboxylic acids is 1. The maximum absolute atomic E-state index is 12.3. The Morgan fingerprint density at radius 2 is 1.89 bits per heavy atom. The van der Waals surface area contributed by atoms with Crippen LogP contribution >= 0.6 is 22.7 Å². The van der Waals surface area contributed by atoms with E-state index in [0.29, 0.717) is 11.0 Å². The van der Waals surface area contributed by atoms with E-state index in [2.05, 4.69) is 48.6 Å². The Kier molecular flexibility index (Phi) is 6.20. The number of thiazole rings is 2. The molecule has 0 atom stereocenters. The molecule has 0 aromatic carbocycles. The van der Waals surface area contributed by atoms with Gasteiger partial charge in [0.2, 0.25) is 5.91 Å². The lowest BCUT2D eigenvalue weighted by molar-refractivity contribution is -0.116. The number of aromatic nitrogens is 3. The second-order valence-corrected chi connectivity index (χ2v) is 9.11. The third-order valence-corrected chi connectivity index (χ3v) is 6.45. The fourth-order valence-electron chi connectivity index (χ4n) is 3.15. The zero-order chi connectivity index (χ0) is 20.4. The summed E-state index contributed by atoms with van der Waals surface area (Å²) in [4.78, 5) is 28.5. The molecule has 0 spiro atoms. The molecule has 0 aliphatic heterocycles. The van der Waals surface area contributed by atoms with Gasteiger partial charge in [0, 0.05) is 40.0 Å². The summed E-state index contributed by atoms with van der Waals surface area (Å²) in [7, 11) is 0. The average Bonchev–Trinajstić information content (AvgIpc) is 3.28. The second-order valence-electron chi connectivity index (χ2n) is 7.43. The van der Waals surface area contributed by atoms with Crippen LogP contribution < -0.4 is 10.2 Å². The minimum atomic E-state index is -0.244. The maximum atomic E-state index is 12.3. The number of anilines is 1. The largest absolute Gasteiger partial charge is 0.348 e. The highest BCUT2D eigenvalue weighted by molar-refractivity contribution is 7.14. The van der Waals surface area contributed by atoms with Crippen molar-refractivity contribution in [2.24, 2.45) is 5.92 Å². The third-order valence-electron chi connectivity index (χ3n) is 4.81. The molecule has 150 valence electrons. The fraction of sp³-hybridized carbons (Fsp3) is 0.450. The zero-order valence-electron chi connectivity index (χ0n) is 16.9. The Hall–Kier alpha value is -2.19. The van der Waals surface area contributed by atoms with Gasteiger partial charge in [0.15, 0.2) is 5.13 Å². The average molecular weight is 419 g/mol. The van der Waals surface area contributed by atoms with Crippen LogP contribution in [-0.4, -0.2) is 20.0 Å². The molecule has 0 saturated carbocycles. The van der Waals surface area contributed by atoms with Crippen LogP contribution in [-0.2, 0) is 17.9 Å². The molecule has 6 nitrogen and oxygen atoms in total. The molecular weight excluding hydrogens is 392 g/mol. The van der Waals surface area contributed by atoms with Crippen LogP contribution in [0, 0.1) is 26.7 Å². The minimum absolute atomic E-state index is 0.00674. The van der Waals surface area contributed by atoms with Crippen molar-refractivity contribution in [2.45, 2.75) is 54.1 Å². The van der Waals surface area contributed by atoms with Crippen LogP contribution in [0.4, 0.5) is 5.13 Å². The Morgan fingerprint density at radius 3 is 2.54 bits per heavy atom. The zero-order valence-corrected chi connectivity index (χ0v) is 18.5. The highest BCUT2D eigenvalue weighted by Gasteiger charge is 2.15. The first kappa shape index (κ1) is 20.5. The van der Waals surface area contributed by atoms with E-state index < -0.39 is 0 Å². The lowest BCUT2D eigenvalue weighted by Gasteiger charge is -2.11. The number of carbonyl (C=O) groups is 1. The highest BCUT2D eigenvalue weighted by Crippen LogP contribution is 2.30. The smallest absolute Gasteiger partial charge is 0.307 e. The van der Waals surface area contributed by atoms with E-state index in [0.717, 1.165) is 41.3 Å². The SMILES string of the molecule is Cc1cc(-c2csc(NC(=O)Cn3c(C)csc3=O)n2)c(C)n1CCC(C)C. The molecule has 3 aromatic rings. The molecular formula is C20H26N4O2S2. The van der Waals surface area contributed by atoms with E-state index in [1.165, 1.54) is 27.3 Å². The van der Waals surface area contributed by atoms with Crippen LogP contribution in [0.25, 0.3) is 11.3 Å². The molecule has 1 N–H and O–H groups in total. The Balaban J connectivity index is 1.73. The van der Waals surface area contributed by atoms with E-state index >= 15 is 0 Å². The van der Waals surface area contributed by atoms with E-state index in [4.69, 9.17) is 0 Å². The topological polar surface area (TPSA) is 68.9 Å². The van der Waals surface area contributed by atoms with Crippen molar-refractivity contribution in [1.29, 1.82) is 0 Å². The molecule has 0 bridgehead atoms. The first-order chi connectivity index (χ1) is 13.3. The van der Waals surface area contributed by atoms with Crippen LogP contribution in [0.3, 0.4) is 0 Å². The Labute approximate surface area is 172 Å². The molecule has 0 saturated heterocycles. The quantitative estimate of drug-likeness (QED) is 0.616. The number of nitrogens with one attached hydrogen (secondary N) is 1. The Morgan fingerprint density at radius 1 is 1.14 bits per heavy atom. The molecule has 1 amide bonds. The minimum Gasteiger partial charge on any atom is -0.348 e. The van der Waals surface area contributed by atoms with E-state index in [9.17, 15) is 9.59 Å². The number of rotatable bonds is 7. The van der Waals surface area contributed by atoms with E-state index in [1.807, 2.05) is 12.3 Å². The molecule has 8 heteroatoms. The van der Waals surface area contributed by atoms with Gasteiger partial charge in [0.25, 0.3) is 0 Å². The Bertz CT molecular complexity index is 1040. The van der Waals surface area contributed by atoms with Gasteiger partial charge in [0.05, 0.1) is 5.69 Å². The number of aryl methyl sites for hydroxylation is 2. The summed E-state index contributed by atoms with van der Waals surface area (Å²) in [6.45, 7) is 11.5. The van der Waals surface area contributed by atoms with Crippen molar-refractivity contribution in [3.8, 4) is 11.3 Å². The highest BCUT2D eigenvalue weighted by atomic mass is 32.1. The fourth-order valence-corrected chi connectivity index (χ4v) is 4.61. The summed E-state index contributed by atoms with van der Waals surface area (Å²) >= 11 is 2.50. The van der Waals surface area contributed by atoms with Gasteiger partial charge in [-0.05, 0) is 39.2 Å². The van der Waals surface area contributed by atoms with Crippen molar-refractivity contribution in [2.75, 3.05) is 5.32 Å². The summed E-state index contributed by atoms with van der Waals surface area (Å²) in [5.41, 5.74) is 5.18. The number of amides is 1. The van der Waals surface area contributed by atoms with Crippen LogP contribution in [0.2, 0.25) is 0 Å². The number of hydrogen-bond acceptors (Lipinski definition) is 5. The predicted molar refractivity (Wildman–Crippen MR) is 116 cm³/mol. The van der Waals surface area contributed by atoms with Gasteiger partial charge in [0.1, 0.15) is 6.54 Å². The normalized spacial score (nSPS) is 11.4. The van der Waals surface area contributed by atoms with Gasteiger partial charge in [-0.15, -0.1) is 11.3 Å². The monoisotopic (exact) mass is 418 g/mol. The maximum Gasteiger partial charge on any atom is 0.307 e. The molecule has 3 rings (SSSR count).